The van der Waals surface area contributed by atoms with Crippen molar-refractivity contribution in [3.63, 3.8) is 0 Å². The molecule has 3 heteroatoms. The Morgan fingerprint density at radius 2 is 1.60 bits per heavy atom. The van der Waals surface area contributed by atoms with Crippen LogP contribution in [0.3, 0.4) is 0 Å². The van der Waals surface area contributed by atoms with Crippen molar-refractivity contribution in [1.82, 2.24) is 4.90 Å². The predicted octanol–water partition coefficient (Wildman–Crippen LogP) is 3.69. The van der Waals surface area contributed by atoms with Crippen molar-refractivity contribution in [3.8, 4) is 0 Å². The predicted molar refractivity (Wildman–Crippen MR) is 85.7 cm³/mol. The van der Waals surface area contributed by atoms with Crippen molar-refractivity contribution in [1.29, 1.82) is 0 Å². The minimum absolute atomic E-state index is 0.723. The van der Waals surface area contributed by atoms with Crippen LogP contribution in [0.4, 0.5) is 0 Å². The van der Waals surface area contributed by atoms with Gasteiger partial charge in [0.2, 0.25) is 0 Å². The number of hydrogen-bond donors (Lipinski definition) is 1. The molecule has 0 aliphatic rings. The van der Waals surface area contributed by atoms with Gasteiger partial charge in [-0.15, -0.1) is 0 Å². The zero-order valence-corrected chi connectivity index (χ0v) is 12.4. The Kier molecular flexibility index (Phi) is 6.06. The number of halogens is 1. The summed E-state index contributed by atoms with van der Waals surface area (Å²) in [6.45, 7) is 3.56. The highest BCUT2D eigenvalue weighted by atomic mass is 35.5. The quantitative estimate of drug-likeness (QED) is 0.842. The first-order valence-electron chi connectivity index (χ1n) is 6.99. The van der Waals surface area contributed by atoms with Gasteiger partial charge in [-0.1, -0.05) is 54.1 Å². The van der Waals surface area contributed by atoms with E-state index in [2.05, 4.69) is 35.2 Å². The van der Waals surface area contributed by atoms with Crippen molar-refractivity contribution in [2.45, 2.75) is 19.5 Å². The van der Waals surface area contributed by atoms with Gasteiger partial charge in [0, 0.05) is 24.7 Å². The lowest BCUT2D eigenvalue weighted by Crippen LogP contribution is -2.25. The van der Waals surface area contributed by atoms with Crippen molar-refractivity contribution in [2.24, 2.45) is 5.73 Å². The summed E-state index contributed by atoms with van der Waals surface area (Å²) in [5, 5.41) is 0.793. The third kappa shape index (κ3) is 4.97. The average Bonchev–Trinajstić information content (AvgIpc) is 2.46. The molecule has 20 heavy (non-hydrogen) atoms. The van der Waals surface area contributed by atoms with E-state index in [0.717, 1.165) is 37.6 Å². The monoisotopic (exact) mass is 288 g/mol. The molecule has 0 heterocycles. The van der Waals surface area contributed by atoms with Gasteiger partial charge >= 0.3 is 0 Å². The van der Waals surface area contributed by atoms with Crippen LogP contribution in [0.15, 0.2) is 54.6 Å². The lowest BCUT2D eigenvalue weighted by Gasteiger charge is -2.22. The maximum absolute atomic E-state index is 6.05. The van der Waals surface area contributed by atoms with Gasteiger partial charge in [-0.3, -0.25) is 4.90 Å². The lowest BCUT2D eigenvalue weighted by molar-refractivity contribution is 0.255. The summed E-state index contributed by atoms with van der Waals surface area (Å²) in [5.74, 6) is 0. The van der Waals surface area contributed by atoms with Gasteiger partial charge < -0.3 is 5.73 Å². The molecule has 2 rings (SSSR count). The SMILES string of the molecule is NCCCN(Cc1ccccc1)Cc1cccc(Cl)c1. The van der Waals surface area contributed by atoms with Gasteiger partial charge in [-0.2, -0.15) is 0 Å². The van der Waals surface area contributed by atoms with Crippen LogP contribution in [0.1, 0.15) is 17.5 Å². The first-order chi connectivity index (χ1) is 9.78. The van der Waals surface area contributed by atoms with Crippen LogP contribution in [0.25, 0.3) is 0 Å². The number of benzene rings is 2. The van der Waals surface area contributed by atoms with Crippen LogP contribution in [-0.2, 0) is 13.1 Å². The van der Waals surface area contributed by atoms with E-state index in [-0.39, 0.29) is 0 Å². The molecule has 0 bridgehead atoms. The second kappa shape index (κ2) is 8.05. The number of nitrogens with two attached hydrogens (primary N) is 1. The molecule has 0 radical (unpaired) electrons. The van der Waals surface area contributed by atoms with Crippen LogP contribution < -0.4 is 5.73 Å². The molecule has 2 nitrogen and oxygen atoms in total. The van der Waals surface area contributed by atoms with Crippen LogP contribution in [0.5, 0.6) is 0 Å². The smallest absolute Gasteiger partial charge is 0.0409 e. The molecule has 2 N–H and O–H groups in total. The van der Waals surface area contributed by atoms with E-state index >= 15 is 0 Å². The largest absolute Gasteiger partial charge is 0.330 e. The zero-order chi connectivity index (χ0) is 14.2. The van der Waals surface area contributed by atoms with Crippen molar-refractivity contribution in [3.05, 3.63) is 70.7 Å². The molecule has 0 unspecified atom stereocenters. The molecule has 0 aliphatic carbocycles. The van der Waals surface area contributed by atoms with Gasteiger partial charge in [-0.05, 0) is 36.2 Å². The van der Waals surface area contributed by atoms with Gasteiger partial charge in [0.1, 0.15) is 0 Å². The van der Waals surface area contributed by atoms with Crippen LogP contribution in [0, 0.1) is 0 Å². The highest BCUT2D eigenvalue weighted by molar-refractivity contribution is 6.30. The highest BCUT2D eigenvalue weighted by Crippen LogP contribution is 2.14. The molecule has 0 saturated heterocycles. The van der Waals surface area contributed by atoms with Gasteiger partial charge in [0.25, 0.3) is 0 Å². The molecule has 0 amide bonds. The number of nitrogens with zero attached hydrogens (tertiary/aromatic N) is 1. The fourth-order valence-electron chi connectivity index (χ4n) is 2.26. The number of hydrogen-bond acceptors (Lipinski definition) is 2. The lowest BCUT2D eigenvalue weighted by atomic mass is 10.1. The Bertz CT molecular complexity index is 513. The zero-order valence-electron chi connectivity index (χ0n) is 11.6. The normalized spacial score (nSPS) is 10.9. The molecule has 0 saturated carbocycles. The molecule has 0 aliphatic heterocycles. The maximum atomic E-state index is 6.05. The van der Waals surface area contributed by atoms with Crippen LogP contribution in [0.2, 0.25) is 5.02 Å². The molecule has 106 valence electrons. The Morgan fingerprint density at radius 3 is 2.30 bits per heavy atom. The molecule has 0 fully saturated rings. The van der Waals surface area contributed by atoms with Crippen LogP contribution in [-0.4, -0.2) is 18.0 Å². The minimum atomic E-state index is 0.723. The second-order valence-corrected chi connectivity index (χ2v) is 5.40. The third-order valence-corrected chi connectivity index (χ3v) is 3.46. The molecule has 0 aromatic heterocycles. The molecule has 0 spiro atoms. The summed E-state index contributed by atoms with van der Waals surface area (Å²) in [7, 11) is 0. The van der Waals surface area contributed by atoms with Crippen molar-refractivity contribution in [2.75, 3.05) is 13.1 Å². The van der Waals surface area contributed by atoms with Gasteiger partial charge in [0.05, 0.1) is 0 Å². The van der Waals surface area contributed by atoms with Crippen molar-refractivity contribution >= 4 is 11.6 Å². The van der Waals surface area contributed by atoms with Gasteiger partial charge in [0.15, 0.2) is 0 Å². The number of rotatable bonds is 7. The van der Waals surface area contributed by atoms with E-state index in [9.17, 15) is 0 Å². The Hall–Kier alpha value is -1.35. The fraction of sp³-hybridized carbons (Fsp3) is 0.294. The minimum Gasteiger partial charge on any atom is -0.330 e. The summed E-state index contributed by atoms with van der Waals surface area (Å²) in [6, 6.07) is 18.6. The molecular weight excluding hydrogens is 268 g/mol. The Morgan fingerprint density at radius 1 is 0.900 bits per heavy atom. The molecule has 2 aromatic rings. The highest BCUT2D eigenvalue weighted by Gasteiger charge is 2.07. The Balaban J connectivity index is 2.03. The molecule has 2 aromatic carbocycles. The first-order valence-corrected chi connectivity index (χ1v) is 7.36. The van der Waals surface area contributed by atoms with E-state index in [1.165, 1.54) is 11.1 Å². The van der Waals surface area contributed by atoms with E-state index in [0.29, 0.717) is 0 Å². The summed E-state index contributed by atoms with van der Waals surface area (Å²) in [4.78, 5) is 2.41. The van der Waals surface area contributed by atoms with Crippen LogP contribution >= 0.6 is 11.6 Å². The fourth-order valence-corrected chi connectivity index (χ4v) is 2.48. The summed E-state index contributed by atoms with van der Waals surface area (Å²) >= 11 is 6.05. The van der Waals surface area contributed by atoms with Gasteiger partial charge in [-0.25, -0.2) is 0 Å². The summed E-state index contributed by atoms with van der Waals surface area (Å²) < 4.78 is 0. The first kappa shape index (κ1) is 15.0. The summed E-state index contributed by atoms with van der Waals surface area (Å²) in [6.07, 6.45) is 1.01. The van der Waals surface area contributed by atoms with E-state index in [1.807, 2.05) is 24.3 Å². The van der Waals surface area contributed by atoms with Crippen molar-refractivity contribution < 1.29 is 0 Å². The summed E-state index contributed by atoms with van der Waals surface area (Å²) in [5.41, 5.74) is 8.21. The van der Waals surface area contributed by atoms with E-state index in [4.69, 9.17) is 17.3 Å². The molecular formula is C17H21ClN2. The maximum Gasteiger partial charge on any atom is 0.0409 e. The Labute approximate surface area is 126 Å². The topological polar surface area (TPSA) is 29.3 Å². The third-order valence-electron chi connectivity index (χ3n) is 3.22. The van der Waals surface area contributed by atoms with E-state index in [1.54, 1.807) is 0 Å². The second-order valence-electron chi connectivity index (χ2n) is 4.97. The standard InChI is InChI=1S/C17H21ClN2/c18-17-9-4-8-16(12-17)14-20(11-5-10-19)13-15-6-2-1-3-7-15/h1-4,6-9,12H,5,10-11,13-14,19H2. The van der Waals surface area contributed by atoms with E-state index < -0.39 is 0 Å². The molecule has 0 atom stereocenters. The average molecular weight is 289 g/mol.